The molecule has 0 saturated heterocycles. The van der Waals surface area contributed by atoms with Gasteiger partial charge < -0.3 is 20.4 Å². The van der Waals surface area contributed by atoms with E-state index in [2.05, 4.69) is 20.6 Å². The first-order chi connectivity index (χ1) is 10.9. The zero-order valence-electron chi connectivity index (χ0n) is 13.8. The monoisotopic (exact) mass is 316 g/mol. The van der Waals surface area contributed by atoms with Crippen LogP contribution < -0.4 is 10.6 Å². The van der Waals surface area contributed by atoms with Gasteiger partial charge in [-0.15, -0.1) is 0 Å². The Hall–Kier alpha value is -2.34. The van der Waals surface area contributed by atoms with Crippen molar-refractivity contribution in [1.82, 2.24) is 20.6 Å². The standard InChI is InChI=1S/C17H24N4O2/c1-17(2,3)21-16(22)23-12-14-6-4-13(5-7-14)10-18-11-15-19-8-9-20-15/h4-9,18H,10-12H2,1-3H3,(H,19,20)(H,21,22). The van der Waals surface area contributed by atoms with Gasteiger partial charge in [0.2, 0.25) is 0 Å². The van der Waals surface area contributed by atoms with Gasteiger partial charge in [0, 0.05) is 24.5 Å². The molecule has 2 rings (SSSR count). The molecule has 2 aromatic rings. The molecule has 6 heteroatoms. The second-order valence-electron chi connectivity index (χ2n) is 6.41. The Labute approximate surface area is 136 Å². The van der Waals surface area contributed by atoms with E-state index in [1.807, 2.05) is 51.2 Å². The van der Waals surface area contributed by atoms with E-state index in [1.54, 1.807) is 6.20 Å². The van der Waals surface area contributed by atoms with Crippen LogP contribution in [-0.2, 0) is 24.4 Å². The van der Waals surface area contributed by atoms with Gasteiger partial charge in [0.15, 0.2) is 0 Å². The Bertz CT molecular complexity index is 601. The summed E-state index contributed by atoms with van der Waals surface area (Å²) in [5, 5.41) is 6.07. The lowest BCUT2D eigenvalue weighted by Crippen LogP contribution is -2.40. The van der Waals surface area contributed by atoms with E-state index < -0.39 is 6.09 Å². The number of carbonyl (C=O) groups is 1. The molecule has 3 N–H and O–H groups in total. The van der Waals surface area contributed by atoms with Crippen LogP contribution >= 0.6 is 0 Å². The molecule has 1 aromatic heterocycles. The maximum absolute atomic E-state index is 11.6. The lowest BCUT2D eigenvalue weighted by atomic mass is 10.1. The topological polar surface area (TPSA) is 79.0 Å². The van der Waals surface area contributed by atoms with Crippen molar-refractivity contribution in [1.29, 1.82) is 0 Å². The Morgan fingerprint density at radius 3 is 2.48 bits per heavy atom. The molecule has 0 unspecified atom stereocenters. The third-order valence-corrected chi connectivity index (χ3v) is 3.05. The summed E-state index contributed by atoms with van der Waals surface area (Å²) in [7, 11) is 0. The Morgan fingerprint density at radius 2 is 1.87 bits per heavy atom. The van der Waals surface area contributed by atoms with Crippen LogP contribution in [0.5, 0.6) is 0 Å². The third kappa shape index (κ3) is 6.52. The minimum Gasteiger partial charge on any atom is -0.445 e. The van der Waals surface area contributed by atoms with Crippen molar-refractivity contribution in [3.05, 3.63) is 53.6 Å². The molecule has 0 aliphatic rings. The van der Waals surface area contributed by atoms with Gasteiger partial charge in [0.25, 0.3) is 0 Å². The van der Waals surface area contributed by atoms with Crippen molar-refractivity contribution in [3.63, 3.8) is 0 Å². The molecular weight excluding hydrogens is 292 g/mol. The largest absolute Gasteiger partial charge is 0.445 e. The van der Waals surface area contributed by atoms with E-state index >= 15 is 0 Å². The van der Waals surface area contributed by atoms with Gasteiger partial charge in [-0.3, -0.25) is 0 Å². The lowest BCUT2D eigenvalue weighted by Gasteiger charge is -2.19. The van der Waals surface area contributed by atoms with Crippen LogP contribution in [0.15, 0.2) is 36.7 Å². The summed E-state index contributed by atoms with van der Waals surface area (Å²) >= 11 is 0. The average Bonchev–Trinajstić information content (AvgIpc) is 2.98. The Morgan fingerprint density at radius 1 is 1.17 bits per heavy atom. The third-order valence-electron chi connectivity index (χ3n) is 3.05. The number of alkyl carbamates (subject to hydrolysis) is 1. The number of benzene rings is 1. The highest BCUT2D eigenvalue weighted by Gasteiger charge is 2.14. The number of aromatic amines is 1. The molecule has 0 radical (unpaired) electrons. The molecule has 1 heterocycles. The van der Waals surface area contributed by atoms with Crippen molar-refractivity contribution in [2.75, 3.05) is 0 Å². The molecule has 124 valence electrons. The fourth-order valence-corrected chi connectivity index (χ4v) is 1.96. The summed E-state index contributed by atoms with van der Waals surface area (Å²) in [5.74, 6) is 0.917. The summed E-state index contributed by atoms with van der Waals surface area (Å²) in [5.41, 5.74) is 1.84. The predicted octanol–water partition coefficient (Wildman–Crippen LogP) is 2.72. The van der Waals surface area contributed by atoms with Crippen LogP contribution in [0.25, 0.3) is 0 Å². The Kier molecular flexibility index (Phi) is 5.76. The van der Waals surface area contributed by atoms with E-state index in [0.29, 0.717) is 6.54 Å². The summed E-state index contributed by atoms with van der Waals surface area (Å²) in [6.45, 7) is 7.47. The first-order valence-corrected chi connectivity index (χ1v) is 7.64. The van der Waals surface area contributed by atoms with Crippen LogP contribution in [0.1, 0.15) is 37.7 Å². The summed E-state index contributed by atoms with van der Waals surface area (Å²) < 4.78 is 5.20. The smallest absolute Gasteiger partial charge is 0.407 e. The SMILES string of the molecule is CC(C)(C)NC(=O)OCc1ccc(CNCc2ncc[nH]2)cc1. The normalized spacial score (nSPS) is 11.3. The van der Waals surface area contributed by atoms with Crippen molar-refractivity contribution in [3.8, 4) is 0 Å². The number of hydrogen-bond acceptors (Lipinski definition) is 4. The van der Waals surface area contributed by atoms with Gasteiger partial charge >= 0.3 is 6.09 Å². The maximum atomic E-state index is 11.6. The van der Waals surface area contributed by atoms with Crippen molar-refractivity contribution < 1.29 is 9.53 Å². The Balaban J connectivity index is 1.72. The number of rotatable bonds is 6. The number of amides is 1. The predicted molar refractivity (Wildman–Crippen MR) is 88.6 cm³/mol. The second kappa shape index (κ2) is 7.78. The number of hydrogen-bond donors (Lipinski definition) is 3. The highest BCUT2D eigenvalue weighted by molar-refractivity contribution is 5.68. The fourth-order valence-electron chi connectivity index (χ4n) is 1.96. The molecule has 23 heavy (non-hydrogen) atoms. The quantitative estimate of drug-likeness (QED) is 0.765. The van der Waals surface area contributed by atoms with Gasteiger partial charge in [-0.05, 0) is 31.9 Å². The first kappa shape index (κ1) is 17.0. The van der Waals surface area contributed by atoms with Crippen molar-refractivity contribution in [2.24, 2.45) is 0 Å². The molecule has 0 atom stereocenters. The van der Waals surface area contributed by atoms with Gasteiger partial charge in [0.05, 0.1) is 6.54 Å². The molecule has 1 aromatic carbocycles. The number of nitrogens with one attached hydrogen (secondary N) is 3. The van der Waals surface area contributed by atoms with E-state index in [9.17, 15) is 4.79 Å². The van der Waals surface area contributed by atoms with E-state index in [-0.39, 0.29) is 12.1 Å². The maximum Gasteiger partial charge on any atom is 0.407 e. The van der Waals surface area contributed by atoms with Crippen molar-refractivity contribution in [2.45, 2.75) is 46.0 Å². The molecule has 0 fully saturated rings. The highest BCUT2D eigenvalue weighted by Crippen LogP contribution is 2.07. The van der Waals surface area contributed by atoms with Crippen LogP contribution in [0, 0.1) is 0 Å². The number of carbonyl (C=O) groups excluding carboxylic acids is 1. The summed E-state index contributed by atoms with van der Waals surface area (Å²) in [6, 6.07) is 7.98. The zero-order valence-corrected chi connectivity index (χ0v) is 13.8. The number of imidazole rings is 1. The first-order valence-electron chi connectivity index (χ1n) is 7.64. The second-order valence-corrected chi connectivity index (χ2v) is 6.41. The van der Waals surface area contributed by atoms with Crippen molar-refractivity contribution >= 4 is 6.09 Å². The number of nitrogens with zero attached hydrogens (tertiary/aromatic N) is 1. The summed E-state index contributed by atoms with van der Waals surface area (Å²) in [6.07, 6.45) is 3.14. The van der Waals surface area contributed by atoms with E-state index in [1.165, 1.54) is 5.56 Å². The molecule has 0 aliphatic heterocycles. The van der Waals surface area contributed by atoms with Crippen LogP contribution in [0.4, 0.5) is 4.79 Å². The van der Waals surface area contributed by atoms with Crippen LogP contribution in [-0.4, -0.2) is 21.6 Å². The minimum absolute atomic E-state index is 0.266. The summed E-state index contributed by atoms with van der Waals surface area (Å²) in [4.78, 5) is 18.8. The molecular formula is C17H24N4O2. The highest BCUT2D eigenvalue weighted by atomic mass is 16.5. The molecule has 0 aliphatic carbocycles. The van der Waals surface area contributed by atoms with Gasteiger partial charge in [-0.1, -0.05) is 24.3 Å². The number of ether oxygens (including phenoxy) is 1. The molecule has 1 amide bonds. The van der Waals surface area contributed by atoms with Gasteiger partial charge in [-0.25, -0.2) is 9.78 Å². The minimum atomic E-state index is -0.401. The average molecular weight is 316 g/mol. The molecule has 0 bridgehead atoms. The number of aromatic nitrogens is 2. The van der Waals surface area contributed by atoms with E-state index in [4.69, 9.17) is 4.74 Å². The van der Waals surface area contributed by atoms with Gasteiger partial charge in [-0.2, -0.15) is 0 Å². The molecule has 6 nitrogen and oxygen atoms in total. The van der Waals surface area contributed by atoms with Gasteiger partial charge in [0.1, 0.15) is 12.4 Å². The van der Waals surface area contributed by atoms with Crippen LogP contribution in [0.3, 0.4) is 0 Å². The molecule has 0 saturated carbocycles. The zero-order chi connectivity index (χ0) is 16.7. The van der Waals surface area contributed by atoms with E-state index in [0.717, 1.165) is 17.9 Å². The number of H-pyrrole nitrogens is 1. The fraction of sp³-hybridized carbons (Fsp3) is 0.412. The lowest BCUT2D eigenvalue weighted by molar-refractivity contribution is 0.131. The van der Waals surface area contributed by atoms with Crippen LogP contribution in [0.2, 0.25) is 0 Å². The molecule has 0 spiro atoms.